The zero-order chi connectivity index (χ0) is 14.9. The number of anilines is 2. The molecule has 2 rings (SSSR count). The van der Waals surface area contributed by atoms with Crippen LogP contribution >= 0.6 is 11.3 Å². The van der Waals surface area contributed by atoms with E-state index in [2.05, 4.69) is 11.8 Å². The van der Waals surface area contributed by atoms with Gasteiger partial charge in [-0.1, -0.05) is 6.92 Å². The van der Waals surface area contributed by atoms with Crippen molar-refractivity contribution in [1.29, 1.82) is 0 Å². The van der Waals surface area contributed by atoms with Crippen molar-refractivity contribution in [2.24, 2.45) is 5.92 Å². The molecule has 1 aromatic heterocycles. The molecule has 0 radical (unpaired) electrons. The summed E-state index contributed by atoms with van der Waals surface area (Å²) in [4.78, 5) is 26.2. The number of esters is 1. The summed E-state index contributed by atoms with van der Waals surface area (Å²) in [7, 11) is 1.33. The molecule has 0 bridgehead atoms. The van der Waals surface area contributed by atoms with Crippen molar-refractivity contribution in [3.05, 3.63) is 10.4 Å². The van der Waals surface area contributed by atoms with E-state index in [0.29, 0.717) is 16.4 Å². The lowest BCUT2D eigenvalue weighted by atomic mass is 10.0. The van der Waals surface area contributed by atoms with E-state index >= 15 is 0 Å². The second-order valence-corrected chi connectivity index (χ2v) is 6.27. The Kier molecular flexibility index (Phi) is 4.32. The minimum Gasteiger partial charge on any atom is -0.465 e. The fourth-order valence-corrected chi connectivity index (χ4v) is 3.73. The topological polar surface area (TPSA) is 72.6 Å². The number of rotatable bonds is 3. The molecule has 0 amide bonds. The summed E-state index contributed by atoms with van der Waals surface area (Å²) >= 11 is 1.30. The number of ether oxygens (including phenoxy) is 1. The molecule has 110 valence electrons. The fraction of sp³-hybridized carbons (Fsp3) is 0.571. The summed E-state index contributed by atoms with van der Waals surface area (Å²) in [5.41, 5.74) is 6.58. The van der Waals surface area contributed by atoms with Gasteiger partial charge in [-0.2, -0.15) is 0 Å². The van der Waals surface area contributed by atoms with Crippen LogP contribution in [0.2, 0.25) is 0 Å². The Morgan fingerprint density at radius 1 is 1.45 bits per heavy atom. The molecule has 0 aliphatic carbocycles. The van der Waals surface area contributed by atoms with Gasteiger partial charge in [-0.3, -0.25) is 4.79 Å². The smallest absolute Gasteiger partial charge is 0.343 e. The quantitative estimate of drug-likeness (QED) is 0.685. The first-order valence-electron chi connectivity index (χ1n) is 6.72. The maximum atomic E-state index is 12.0. The van der Waals surface area contributed by atoms with E-state index in [-0.39, 0.29) is 11.5 Å². The first kappa shape index (κ1) is 14.8. The van der Waals surface area contributed by atoms with Gasteiger partial charge in [0.25, 0.3) is 0 Å². The minimum atomic E-state index is -0.473. The molecule has 1 aliphatic heterocycles. The minimum absolute atomic E-state index is 0.117. The lowest BCUT2D eigenvalue weighted by Gasteiger charge is -2.32. The molecule has 1 aliphatic rings. The van der Waals surface area contributed by atoms with Crippen LogP contribution in [0.4, 0.5) is 10.7 Å². The molecular weight excluding hydrogens is 276 g/mol. The third-order valence-electron chi connectivity index (χ3n) is 3.58. The zero-order valence-electron chi connectivity index (χ0n) is 12.1. The second kappa shape index (κ2) is 5.83. The maximum absolute atomic E-state index is 12.0. The standard InChI is InChI=1S/C14H20N2O3S/c1-8-5-4-6-16(7-8)13-10(14(18)19-3)11(15)12(20-13)9(2)17/h8H,4-7,15H2,1-3H3. The summed E-state index contributed by atoms with van der Waals surface area (Å²) in [6.07, 6.45) is 2.26. The largest absolute Gasteiger partial charge is 0.465 e. The number of Topliss-reactive ketones (excluding diaryl/α,β-unsaturated/α-hetero) is 1. The van der Waals surface area contributed by atoms with Crippen LogP contribution in [-0.2, 0) is 4.74 Å². The summed E-state index contributed by atoms with van der Waals surface area (Å²) in [6.45, 7) is 5.41. The average Bonchev–Trinajstić information content (AvgIpc) is 2.75. The first-order chi connectivity index (χ1) is 9.45. The van der Waals surface area contributed by atoms with Crippen LogP contribution in [0.1, 0.15) is 46.7 Å². The van der Waals surface area contributed by atoms with E-state index in [1.165, 1.54) is 31.8 Å². The molecule has 2 N–H and O–H groups in total. The fourth-order valence-electron chi connectivity index (χ4n) is 2.59. The highest BCUT2D eigenvalue weighted by Crippen LogP contribution is 2.40. The molecule has 1 aromatic rings. The van der Waals surface area contributed by atoms with Crippen LogP contribution in [0.15, 0.2) is 0 Å². The molecule has 1 atom stereocenters. The SMILES string of the molecule is COC(=O)c1c(N2CCCC(C)C2)sc(C(C)=O)c1N. The first-order valence-corrected chi connectivity index (χ1v) is 7.53. The highest BCUT2D eigenvalue weighted by atomic mass is 32.1. The number of carbonyl (C=O) groups excluding carboxylic acids is 2. The van der Waals surface area contributed by atoms with E-state index in [0.717, 1.165) is 24.5 Å². The highest BCUT2D eigenvalue weighted by molar-refractivity contribution is 7.19. The molecule has 1 fully saturated rings. The Morgan fingerprint density at radius 3 is 2.70 bits per heavy atom. The Bertz CT molecular complexity index is 539. The molecule has 0 spiro atoms. The lowest BCUT2D eigenvalue weighted by molar-refractivity contribution is 0.0603. The van der Waals surface area contributed by atoms with Crippen molar-refractivity contribution in [1.82, 2.24) is 0 Å². The number of nitrogens with two attached hydrogens (primary N) is 1. The van der Waals surface area contributed by atoms with Gasteiger partial charge in [0.05, 0.1) is 17.7 Å². The maximum Gasteiger partial charge on any atom is 0.343 e. The third kappa shape index (κ3) is 2.65. The average molecular weight is 296 g/mol. The molecule has 0 saturated carbocycles. The van der Waals surface area contributed by atoms with Crippen molar-refractivity contribution in [3.8, 4) is 0 Å². The van der Waals surface area contributed by atoms with Crippen molar-refractivity contribution in [2.45, 2.75) is 26.7 Å². The van der Waals surface area contributed by atoms with Crippen LogP contribution in [0, 0.1) is 5.92 Å². The number of thiophene rings is 1. The van der Waals surface area contributed by atoms with Crippen molar-refractivity contribution in [2.75, 3.05) is 30.8 Å². The second-order valence-electron chi connectivity index (χ2n) is 5.27. The van der Waals surface area contributed by atoms with Gasteiger partial charge in [0.15, 0.2) is 5.78 Å². The molecular formula is C14H20N2O3S. The third-order valence-corrected chi connectivity index (χ3v) is 4.95. The van der Waals surface area contributed by atoms with Crippen LogP contribution in [-0.4, -0.2) is 32.0 Å². The molecule has 1 saturated heterocycles. The summed E-state index contributed by atoms with van der Waals surface area (Å²) in [6, 6.07) is 0. The molecule has 0 aromatic carbocycles. The molecule has 20 heavy (non-hydrogen) atoms. The Balaban J connectivity index is 2.47. The van der Waals surface area contributed by atoms with Crippen LogP contribution in [0.5, 0.6) is 0 Å². The summed E-state index contributed by atoms with van der Waals surface area (Å²) in [5, 5.41) is 0.770. The predicted octanol–water partition coefficient (Wildman–Crippen LogP) is 2.56. The highest BCUT2D eigenvalue weighted by Gasteiger charge is 2.29. The monoisotopic (exact) mass is 296 g/mol. The normalized spacial score (nSPS) is 18.9. The lowest BCUT2D eigenvalue weighted by Crippen LogP contribution is -2.34. The molecule has 2 heterocycles. The van der Waals surface area contributed by atoms with Gasteiger partial charge in [0.1, 0.15) is 10.6 Å². The van der Waals surface area contributed by atoms with Gasteiger partial charge in [-0.05, 0) is 18.8 Å². The van der Waals surface area contributed by atoms with Gasteiger partial charge >= 0.3 is 5.97 Å². The number of ketones is 1. The zero-order valence-corrected chi connectivity index (χ0v) is 12.9. The number of piperidine rings is 1. The van der Waals surface area contributed by atoms with Gasteiger partial charge in [-0.15, -0.1) is 11.3 Å². The van der Waals surface area contributed by atoms with E-state index in [4.69, 9.17) is 10.5 Å². The van der Waals surface area contributed by atoms with Crippen molar-refractivity contribution < 1.29 is 14.3 Å². The predicted molar refractivity (Wildman–Crippen MR) is 80.7 cm³/mol. The Labute approximate surface area is 122 Å². The number of methoxy groups -OCH3 is 1. The summed E-state index contributed by atoms with van der Waals surface area (Å²) < 4.78 is 4.82. The number of nitrogen functional groups attached to an aromatic ring is 1. The number of nitrogens with zero attached hydrogens (tertiary/aromatic N) is 1. The van der Waals surface area contributed by atoms with E-state index in [9.17, 15) is 9.59 Å². The molecule has 6 heteroatoms. The van der Waals surface area contributed by atoms with E-state index in [1.54, 1.807) is 0 Å². The summed E-state index contributed by atoms with van der Waals surface area (Å²) in [5.74, 6) is -0.0215. The number of carbonyl (C=O) groups is 2. The van der Waals surface area contributed by atoms with E-state index < -0.39 is 5.97 Å². The van der Waals surface area contributed by atoms with Crippen LogP contribution < -0.4 is 10.6 Å². The van der Waals surface area contributed by atoms with Gasteiger partial charge < -0.3 is 15.4 Å². The Hall–Kier alpha value is -1.56. The molecule has 1 unspecified atom stereocenters. The van der Waals surface area contributed by atoms with Gasteiger partial charge in [-0.25, -0.2) is 4.79 Å². The van der Waals surface area contributed by atoms with Crippen molar-refractivity contribution >= 4 is 33.8 Å². The Morgan fingerprint density at radius 2 is 2.15 bits per heavy atom. The van der Waals surface area contributed by atoms with Crippen molar-refractivity contribution in [3.63, 3.8) is 0 Å². The van der Waals surface area contributed by atoms with Gasteiger partial charge in [0, 0.05) is 20.0 Å². The number of hydrogen-bond acceptors (Lipinski definition) is 6. The molecule has 5 nitrogen and oxygen atoms in total. The van der Waals surface area contributed by atoms with Crippen LogP contribution in [0.3, 0.4) is 0 Å². The van der Waals surface area contributed by atoms with Crippen LogP contribution in [0.25, 0.3) is 0 Å². The number of hydrogen-bond donors (Lipinski definition) is 1. The van der Waals surface area contributed by atoms with E-state index in [1.807, 2.05) is 0 Å². The van der Waals surface area contributed by atoms with Gasteiger partial charge in [0.2, 0.25) is 0 Å².